The molecule has 0 spiro atoms. The van der Waals surface area contributed by atoms with Crippen molar-refractivity contribution in [2.45, 2.75) is 20.3 Å². The van der Waals surface area contributed by atoms with Gasteiger partial charge in [0.2, 0.25) is 0 Å². The number of nitrogens with zero attached hydrogens (tertiary/aromatic N) is 1. The normalized spacial score (nSPS) is 10.6. The smallest absolute Gasteiger partial charge is 0.343 e. The summed E-state index contributed by atoms with van der Waals surface area (Å²) < 4.78 is 5.38. The maximum atomic E-state index is 12.3. The van der Waals surface area contributed by atoms with Gasteiger partial charge in [-0.2, -0.15) is 5.10 Å². The highest BCUT2D eigenvalue weighted by Crippen LogP contribution is 2.15. The van der Waals surface area contributed by atoms with Crippen molar-refractivity contribution in [3.63, 3.8) is 0 Å². The number of hydrazone groups is 1. The van der Waals surface area contributed by atoms with Gasteiger partial charge in [-0.05, 0) is 72.5 Å². The number of nitrogens with one attached hydrogen (secondary N) is 2. The van der Waals surface area contributed by atoms with Crippen LogP contribution in [0.1, 0.15) is 34.0 Å². The van der Waals surface area contributed by atoms with Crippen molar-refractivity contribution in [1.29, 1.82) is 0 Å². The van der Waals surface area contributed by atoms with E-state index in [1.54, 1.807) is 48.5 Å². The number of carbonyl (C=O) groups is 3. The third-order valence-corrected chi connectivity index (χ3v) is 4.66. The fourth-order valence-electron chi connectivity index (χ4n) is 2.81. The van der Waals surface area contributed by atoms with Gasteiger partial charge in [0.1, 0.15) is 5.75 Å². The Labute approximate surface area is 186 Å². The van der Waals surface area contributed by atoms with Crippen LogP contribution in [0.4, 0.5) is 5.69 Å². The molecule has 32 heavy (non-hydrogen) atoms. The average Bonchev–Trinajstić information content (AvgIpc) is 2.80. The van der Waals surface area contributed by atoms with Crippen molar-refractivity contribution >= 4 is 29.7 Å². The van der Waals surface area contributed by atoms with E-state index in [2.05, 4.69) is 15.8 Å². The Hall–Kier alpha value is -4.26. The molecule has 0 atom stereocenters. The second-order valence-corrected chi connectivity index (χ2v) is 6.98. The van der Waals surface area contributed by atoms with Crippen LogP contribution in [0.2, 0.25) is 0 Å². The molecule has 2 N–H and O–H groups in total. The monoisotopic (exact) mass is 429 g/mol. The third kappa shape index (κ3) is 6.12. The molecule has 0 bridgehead atoms. The lowest BCUT2D eigenvalue weighted by Gasteiger charge is -2.06. The van der Waals surface area contributed by atoms with E-state index in [9.17, 15) is 14.4 Å². The first-order valence-corrected chi connectivity index (χ1v) is 10.1. The second-order valence-electron chi connectivity index (χ2n) is 6.98. The van der Waals surface area contributed by atoms with Gasteiger partial charge in [0, 0.05) is 5.69 Å². The van der Waals surface area contributed by atoms with Gasteiger partial charge in [0.25, 0.3) is 0 Å². The minimum Gasteiger partial charge on any atom is -0.423 e. The Morgan fingerprint density at radius 1 is 0.906 bits per heavy atom. The number of ether oxygens (including phenoxy) is 1. The number of anilines is 1. The molecule has 0 heterocycles. The van der Waals surface area contributed by atoms with Gasteiger partial charge in [-0.1, -0.05) is 37.3 Å². The van der Waals surface area contributed by atoms with Gasteiger partial charge in [-0.15, -0.1) is 0 Å². The molecule has 0 radical (unpaired) electrons. The Morgan fingerprint density at radius 3 is 2.25 bits per heavy atom. The zero-order valence-corrected chi connectivity index (χ0v) is 17.8. The average molecular weight is 429 g/mol. The number of esters is 1. The highest BCUT2D eigenvalue weighted by atomic mass is 16.5. The summed E-state index contributed by atoms with van der Waals surface area (Å²) in [4.78, 5) is 36.1. The number of aryl methyl sites for hydroxylation is 2. The van der Waals surface area contributed by atoms with Gasteiger partial charge in [0.15, 0.2) is 0 Å². The van der Waals surface area contributed by atoms with E-state index >= 15 is 0 Å². The van der Waals surface area contributed by atoms with Crippen molar-refractivity contribution in [1.82, 2.24) is 5.43 Å². The first-order valence-electron chi connectivity index (χ1n) is 10.1. The minimum absolute atomic E-state index is 0.382. The fraction of sp³-hybridized carbons (Fsp3) is 0.120. The number of benzene rings is 3. The molecule has 0 fully saturated rings. The largest absolute Gasteiger partial charge is 0.423 e. The van der Waals surface area contributed by atoms with E-state index in [-0.39, 0.29) is 0 Å². The molecule has 3 aromatic rings. The highest BCUT2D eigenvalue weighted by Gasteiger charge is 2.13. The summed E-state index contributed by atoms with van der Waals surface area (Å²) >= 11 is 0. The molecule has 7 nitrogen and oxygen atoms in total. The summed E-state index contributed by atoms with van der Waals surface area (Å²) in [5.41, 5.74) is 5.83. The van der Waals surface area contributed by atoms with Gasteiger partial charge in [-0.25, -0.2) is 10.2 Å². The van der Waals surface area contributed by atoms with Crippen LogP contribution in [0, 0.1) is 6.92 Å². The van der Waals surface area contributed by atoms with E-state index in [1.165, 1.54) is 6.21 Å². The first-order chi connectivity index (χ1) is 15.5. The molecule has 0 aliphatic rings. The van der Waals surface area contributed by atoms with E-state index in [4.69, 9.17) is 4.74 Å². The highest BCUT2D eigenvalue weighted by molar-refractivity contribution is 6.39. The Kier molecular flexibility index (Phi) is 7.48. The van der Waals surface area contributed by atoms with Gasteiger partial charge < -0.3 is 10.1 Å². The maximum Gasteiger partial charge on any atom is 0.343 e. The van der Waals surface area contributed by atoms with Crippen molar-refractivity contribution in [3.05, 3.63) is 95.1 Å². The molecule has 0 saturated carbocycles. The second kappa shape index (κ2) is 10.7. The predicted molar refractivity (Wildman–Crippen MR) is 123 cm³/mol. The number of rotatable bonds is 6. The van der Waals surface area contributed by atoms with Crippen LogP contribution in [-0.2, 0) is 16.0 Å². The zero-order valence-electron chi connectivity index (χ0n) is 17.8. The molecule has 0 saturated heterocycles. The predicted octanol–water partition coefficient (Wildman–Crippen LogP) is 3.87. The molecule has 0 unspecified atom stereocenters. The number of hydrogen-bond donors (Lipinski definition) is 2. The third-order valence-electron chi connectivity index (χ3n) is 4.66. The van der Waals surface area contributed by atoms with Crippen molar-refractivity contribution in [2.24, 2.45) is 5.10 Å². The Bertz CT molecular complexity index is 1140. The molecule has 162 valence electrons. The summed E-state index contributed by atoms with van der Waals surface area (Å²) in [5.74, 6) is -1.76. The molecule has 2 amide bonds. The van der Waals surface area contributed by atoms with E-state index in [0.717, 1.165) is 17.5 Å². The molecule has 0 aliphatic heterocycles. The van der Waals surface area contributed by atoms with Gasteiger partial charge >= 0.3 is 17.8 Å². The minimum atomic E-state index is -0.885. The maximum absolute atomic E-state index is 12.3. The Balaban J connectivity index is 1.50. The fourth-order valence-corrected chi connectivity index (χ4v) is 2.81. The summed E-state index contributed by atoms with van der Waals surface area (Å²) in [6, 6.07) is 21.0. The lowest BCUT2D eigenvalue weighted by Crippen LogP contribution is -2.32. The molecular weight excluding hydrogens is 406 g/mol. The van der Waals surface area contributed by atoms with Crippen molar-refractivity contribution in [2.75, 3.05) is 5.32 Å². The zero-order chi connectivity index (χ0) is 22.9. The van der Waals surface area contributed by atoms with E-state index in [0.29, 0.717) is 22.6 Å². The van der Waals surface area contributed by atoms with Crippen LogP contribution in [-0.4, -0.2) is 24.0 Å². The SMILES string of the molecule is CCc1ccc(NC(=O)C(=O)N/N=C/c2ccc(OC(=O)c3ccccc3C)cc2)cc1. The van der Waals surface area contributed by atoms with Crippen molar-refractivity contribution in [3.8, 4) is 5.75 Å². The van der Waals surface area contributed by atoms with Gasteiger partial charge in [0.05, 0.1) is 11.8 Å². The summed E-state index contributed by atoms with van der Waals surface area (Å²) in [7, 11) is 0. The standard InChI is InChI=1S/C25H23N3O4/c1-3-18-8-12-20(13-9-18)27-23(29)24(30)28-26-16-19-10-14-21(15-11-19)32-25(31)22-7-5-4-6-17(22)2/h4-16H,3H2,1-2H3,(H,27,29)(H,28,30)/b26-16+. The van der Waals surface area contributed by atoms with Crippen LogP contribution in [0.25, 0.3) is 0 Å². The van der Waals surface area contributed by atoms with Crippen LogP contribution in [0.5, 0.6) is 5.75 Å². The summed E-state index contributed by atoms with van der Waals surface area (Å²) in [5, 5.41) is 6.30. The van der Waals surface area contributed by atoms with E-state index < -0.39 is 17.8 Å². The first kappa shape index (κ1) is 22.4. The summed E-state index contributed by atoms with van der Waals surface area (Å²) in [6.07, 6.45) is 2.27. The van der Waals surface area contributed by atoms with Crippen LogP contribution in [0.15, 0.2) is 77.9 Å². The van der Waals surface area contributed by atoms with Crippen LogP contribution < -0.4 is 15.5 Å². The van der Waals surface area contributed by atoms with E-state index in [1.807, 2.05) is 38.1 Å². The van der Waals surface area contributed by atoms with Gasteiger partial charge in [-0.3, -0.25) is 9.59 Å². The van der Waals surface area contributed by atoms with Crippen LogP contribution in [0.3, 0.4) is 0 Å². The number of carbonyl (C=O) groups excluding carboxylic acids is 3. The summed E-state index contributed by atoms with van der Waals surface area (Å²) in [6.45, 7) is 3.87. The molecular formula is C25H23N3O4. The topological polar surface area (TPSA) is 96.9 Å². The lowest BCUT2D eigenvalue weighted by atomic mass is 10.1. The number of amides is 2. The quantitative estimate of drug-likeness (QED) is 0.204. The Morgan fingerprint density at radius 2 is 1.59 bits per heavy atom. The lowest BCUT2D eigenvalue weighted by molar-refractivity contribution is -0.136. The molecule has 0 aromatic heterocycles. The molecule has 3 rings (SSSR count). The molecule has 0 aliphatic carbocycles. The van der Waals surface area contributed by atoms with Crippen LogP contribution >= 0.6 is 0 Å². The number of hydrogen-bond acceptors (Lipinski definition) is 5. The molecule has 7 heteroatoms. The van der Waals surface area contributed by atoms with Crippen molar-refractivity contribution < 1.29 is 19.1 Å². The molecule has 3 aromatic carbocycles.